The van der Waals surface area contributed by atoms with E-state index < -0.39 is 91.5 Å². The largest absolute Gasteiger partial charge is 0.472 e. The molecule has 93 heavy (non-hydrogen) atoms. The van der Waals surface area contributed by atoms with Crippen molar-refractivity contribution < 1.29 is 75.8 Å². The average Bonchev–Trinajstić information content (AvgIpc) is 3.57. The number of phosphoric ester groups is 2. The number of carbonyl (C=O) groups excluding carboxylic acids is 3. The Morgan fingerprint density at radius 2 is 0.559 bits per heavy atom. The zero-order valence-electron chi connectivity index (χ0n) is 56.3. The summed E-state index contributed by atoms with van der Waals surface area (Å²) in [5, 5.41) is 20.5. The molecule has 4 N–H and O–H groups in total. The van der Waals surface area contributed by atoms with E-state index in [4.69, 9.17) is 32.3 Å². The summed E-state index contributed by atoms with van der Waals surface area (Å²) >= 11 is 0. The summed E-state index contributed by atoms with van der Waals surface area (Å²) in [4.78, 5) is 58.3. The van der Waals surface area contributed by atoms with Crippen LogP contribution < -0.4 is 0 Å². The van der Waals surface area contributed by atoms with Gasteiger partial charge in [-0.25, -0.2) is 9.13 Å². The number of rotatable bonds is 61. The topological polar surface area (TPSA) is 231 Å². The first-order valence-corrected chi connectivity index (χ1v) is 36.7. The molecule has 0 bridgehead atoms. The van der Waals surface area contributed by atoms with Gasteiger partial charge in [0.25, 0.3) is 0 Å². The number of hydrogen-bond acceptors (Lipinski definition) is 14. The molecule has 0 spiro atoms. The lowest BCUT2D eigenvalue weighted by Crippen LogP contribution is -2.30. The molecule has 0 aromatic rings. The Morgan fingerprint density at radius 3 is 0.892 bits per heavy atom. The van der Waals surface area contributed by atoms with Gasteiger partial charge in [0.2, 0.25) is 0 Å². The molecule has 0 aliphatic heterocycles. The number of hydrogen-bond donors (Lipinski definition) is 4. The van der Waals surface area contributed by atoms with Crippen LogP contribution >= 0.6 is 15.6 Å². The SMILES string of the molecule is CC/C=C\C/C=C\C/C=C\C/C=C\C/C=C\C/C=C\CCC(=O)OCC(O)COP(=O)(O)OCC(O)COP(=O)(O)OCC(COC(=O)CC/C=C\C/C=C\C/C=C\C/C=C\C/C=C\C/C=C\CC)OC(=O)CCCCCCCC/C=C\C/C=C\C/C=C\C/C=C\CC. The highest BCUT2D eigenvalue weighted by Crippen LogP contribution is 2.45. The van der Waals surface area contributed by atoms with Crippen molar-refractivity contribution in [3.8, 4) is 0 Å². The second-order valence-corrected chi connectivity index (χ2v) is 24.4. The van der Waals surface area contributed by atoms with Crippen molar-refractivity contribution in [2.75, 3.05) is 39.6 Å². The summed E-state index contributed by atoms with van der Waals surface area (Å²) in [6.07, 6.45) is 85.1. The normalized spacial score (nSPS) is 15.4. The van der Waals surface area contributed by atoms with Crippen LogP contribution in [-0.2, 0) is 55.8 Å². The summed E-state index contributed by atoms with van der Waals surface area (Å²) in [5.74, 6) is -1.80. The Kier molecular flexibility index (Phi) is 62.4. The van der Waals surface area contributed by atoms with Gasteiger partial charge in [0.1, 0.15) is 25.4 Å². The average molecular weight is 1340 g/mol. The van der Waals surface area contributed by atoms with Gasteiger partial charge in [-0.3, -0.25) is 32.5 Å². The highest BCUT2D eigenvalue weighted by molar-refractivity contribution is 7.47. The van der Waals surface area contributed by atoms with Gasteiger partial charge in [-0.2, -0.15) is 0 Å². The van der Waals surface area contributed by atoms with E-state index in [1.54, 1.807) is 0 Å². The minimum absolute atomic E-state index is 0.0311. The smallest absolute Gasteiger partial charge is 0.463 e. The van der Waals surface area contributed by atoms with Gasteiger partial charge >= 0.3 is 33.6 Å². The van der Waals surface area contributed by atoms with Gasteiger partial charge < -0.3 is 34.2 Å². The summed E-state index contributed by atoms with van der Waals surface area (Å²) < 4.78 is 60.7. The zero-order chi connectivity index (χ0) is 68.1. The maximum absolute atomic E-state index is 12.9. The number of unbranched alkanes of at least 4 members (excludes halogenated alkanes) is 6. The molecule has 0 aliphatic rings. The number of phosphoric acid groups is 2. The highest BCUT2D eigenvalue weighted by atomic mass is 31.2. The fraction of sp³-hybridized carbons (Fsp3) is 0.533. The van der Waals surface area contributed by atoms with E-state index in [2.05, 4.69) is 179 Å². The van der Waals surface area contributed by atoms with Crippen molar-refractivity contribution in [3.05, 3.63) is 194 Å². The molecule has 5 atom stereocenters. The van der Waals surface area contributed by atoms with Crippen LogP contribution in [0.2, 0.25) is 0 Å². The minimum Gasteiger partial charge on any atom is -0.463 e. The van der Waals surface area contributed by atoms with Gasteiger partial charge in [-0.05, 0) is 135 Å². The van der Waals surface area contributed by atoms with E-state index in [0.29, 0.717) is 32.1 Å². The van der Waals surface area contributed by atoms with Gasteiger partial charge in [-0.15, -0.1) is 0 Å². The first-order valence-electron chi connectivity index (χ1n) is 33.7. The monoisotopic (exact) mass is 1330 g/mol. The van der Waals surface area contributed by atoms with Crippen molar-refractivity contribution in [2.24, 2.45) is 0 Å². The van der Waals surface area contributed by atoms with Crippen LogP contribution in [0.1, 0.15) is 201 Å². The molecule has 18 heteroatoms. The molecular weight excluding hydrogens is 1220 g/mol. The molecule has 0 aliphatic carbocycles. The quantitative estimate of drug-likeness (QED) is 0.0146. The van der Waals surface area contributed by atoms with Crippen molar-refractivity contribution in [3.63, 3.8) is 0 Å². The molecule has 0 saturated carbocycles. The van der Waals surface area contributed by atoms with Crippen molar-refractivity contribution >= 4 is 33.6 Å². The number of ether oxygens (including phenoxy) is 3. The second-order valence-electron chi connectivity index (χ2n) is 21.5. The number of carbonyl (C=O) groups is 3. The summed E-state index contributed by atoms with van der Waals surface area (Å²) in [6, 6.07) is 0. The van der Waals surface area contributed by atoms with E-state index in [-0.39, 0.29) is 19.3 Å². The highest BCUT2D eigenvalue weighted by Gasteiger charge is 2.29. The fourth-order valence-corrected chi connectivity index (χ4v) is 9.37. The van der Waals surface area contributed by atoms with Gasteiger partial charge in [0.15, 0.2) is 6.10 Å². The van der Waals surface area contributed by atoms with Crippen molar-refractivity contribution in [1.82, 2.24) is 0 Å². The van der Waals surface area contributed by atoms with Crippen LogP contribution in [-0.4, -0.2) is 95.9 Å². The zero-order valence-corrected chi connectivity index (χ0v) is 58.1. The Balaban J connectivity index is 4.90. The first-order chi connectivity index (χ1) is 45.2. The third-order valence-corrected chi connectivity index (χ3v) is 14.7. The molecule has 0 saturated heterocycles. The van der Waals surface area contributed by atoms with Crippen LogP contribution in [0.4, 0.5) is 0 Å². The lowest BCUT2D eigenvalue weighted by Gasteiger charge is -2.21. The van der Waals surface area contributed by atoms with E-state index in [0.717, 1.165) is 128 Å². The number of esters is 3. The Hall–Kier alpha value is -5.61. The third kappa shape index (κ3) is 67.6. The molecule has 16 nitrogen and oxygen atoms in total. The molecule has 522 valence electrons. The first kappa shape index (κ1) is 87.4. The lowest BCUT2D eigenvalue weighted by atomic mass is 10.1. The maximum atomic E-state index is 12.9. The number of aliphatic hydroxyl groups excluding tert-OH is 2. The van der Waals surface area contributed by atoms with E-state index >= 15 is 0 Å². The van der Waals surface area contributed by atoms with Crippen LogP contribution in [0.3, 0.4) is 0 Å². The predicted molar refractivity (Wildman–Crippen MR) is 380 cm³/mol. The van der Waals surface area contributed by atoms with Crippen LogP contribution in [0, 0.1) is 0 Å². The second kappa shape index (κ2) is 66.4. The summed E-state index contributed by atoms with van der Waals surface area (Å²) in [6.45, 7) is 2.08. The van der Waals surface area contributed by atoms with Crippen molar-refractivity contribution in [2.45, 2.75) is 219 Å². The molecule has 0 aromatic carbocycles. The Labute approximate surface area is 559 Å². The minimum atomic E-state index is -4.96. The van der Waals surface area contributed by atoms with Crippen LogP contribution in [0.25, 0.3) is 0 Å². The Bertz CT molecular complexity index is 2470. The fourth-order valence-electron chi connectivity index (χ4n) is 7.79. The van der Waals surface area contributed by atoms with E-state index in [9.17, 15) is 43.5 Å². The van der Waals surface area contributed by atoms with Crippen LogP contribution in [0.5, 0.6) is 0 Å². The molecule has 0 fully saturated rings. The maximum Gasteiger partial charge on any atom is 0.472 e. The predicted octanol–water partition coefficient (Wildman–Crippen LogP) is 18.9. The van der Waals surface area contributed by atoms with Gasteiger partial charge in [0.05, 0.1) is 26.4 Å². The Morgan fingerprint density at radius 1 is 0.301 bits per heavy atom. The molecule has 0 heterocycles. The summed E-state index contributed by atoms with van der Waals surface area (Å²) in [5.41, 5.74) is 0. The lowest BCUT2D eigenvalue weighted by molar-refractivity contribution is -0.161. The molecule has 0 rings (SSSR count). The van der Waals surface area contributed by atoms with Gasteiger partial charge in [0, 0.05) is 19.3 Å². The van der Waals surface area contributed by atoms with Gasteiger partial charge in [-0.1, -0.05) is 241 Å². The summed E-state index contributed by atoms with van der Waals surface area (Å²) in [7, 11) is -9.85. The molecule has 0 aromatic heterocycles. The standard InChI is InChI=1S/C75H116O16P2/c1-4-7-10-13-16-19-22-25-28-31-34-37-40-43-46-49-52-55-58-61-73(78)85-64-70(76)65-87-92(81,82)88-66-71(77)67-89-93(83,84)90-69-72(91-75(80)63-60-57-54-51-48-45-42-39-36-33-30-27-24-21-18-15-12-9-6-3)68-86-74(79)62-59-56-53-50-47-44-41-38-35-32-29-26-23-20-17-14-11-8-5-2/h7-12,16-21,25-30,34-39,43-44,46-47,52-53,55-56,70-72,76-77H,4-6,13-15,22-24,31-33,40-42,45,48-51,54,57-69H2,1-3H3,(H,81,82)(H,83,84)/b10-7-,11-8-,12-9-,19-16-,20-17-,21-18-,28-25-,29-26-,30-27-,37-34-,38-35-,39-36-,46-43-,47-44-,55-52-,56-53-. The number of aliphatic hydroxyl groups is 2. The van der Waals surface area contributed by atoms with Crippen molar-refractivity contribution in [1.29, 1.82) is 0 Å². The molecule has 5 unspecified atom stereocenters. The number of allylic oxidation sites excluding steroid dienone is 32. The van der Waals surface area contributed by atoms with E-state index in [1.165, 1.54) is 0 Å². The molecule has 0 radical (unpaired) electrons. The molecular formula is C75H116O16P2. The van der Waals surface area contributed by atoms with E-state index in [1.807, 2.05) is 36.5 Å². The molecule has 0 amide bonds. The third-order valence-electron chi connectivity index (χ3n) is 12.8. The van der Waals surface area contributed by atoms with Crippen LogP contribution in [0.15, 0.2) is 194 Å².